The van der Waals surface area contributed by atoms with Crippen LogP contribution in [0, 0.1) is 0 Å². The highest BCUT2D eigenvalue weighted by molar-refractivity contribution is 7.59. The van der Waals surface area contributed by atoms with Crippen molar-refractivity contribution in [1.29, 1.82) is 0 Å². The lowest BCUT2D eigenvalue weighted by molar-refractivity contribution is -0.0641. The first-order chi connectivity index (χ1) is 12.6. The summed E-state index contributed by atoms with van der Waals surface area (Å²) in [6.07, 6.45) is -2.11. The zero-order valence-electron chi connectivity index (χ0n) is 15.9. The third kappa shape index (κ3) is 6.77. The molecule has 0 spiro atoms. The van der Waals surface area contributed by atoms with Crippen LogP contribution in [-0.2, 0) is 0 Å². The van der Waals surface area contributed by atoms with Crippen molar-refractivity contribution in [2.24, 2.45) is 0 Å². The number of benzene rings is 2. The van der Waals surface area contributed by atoms with Crippen molar-refractivity contribution in [3.05, 3.63) is 83.4 Å². The van der Waals surface area contributed by atoms with Crippen molar-refractivity contribution >= 4 is 40.5 Å². The van der Waals surface area contributed by atoms with Gasteiger partial charge in [-0.05, 0) is 16.7 Å². The van der Waals surface area contributed by atoms with Crippen molar-refractivity contribution < 1.29 is 20.4 Å². The fourth-order valence-electron chi connectivity index (χ4n) is 3.43. The zero-order chi connectivity index (χ0) is 18.5. The zero-order valence-corrected chi connectivity index (χ0v) is 18.9. The molecule has 2 aromatic carbocycles. The molecule has 0 amide bonds. The summed E-state index contributed by atoms with van der Waals surface area (Å²) in [5.74, 6) is 0.0690. The molecule has 1 aliphatic rings. The number of aliphatic hydroxyl groups is 4. The molecule has 5 N–H and O–H groups in total. The predicted octanol–water partition coefficient (Wildman–Crippen LogP) is 1.13. The van der Waals surface area contributed by atoms with Gasteiger partial charge in [-0.15, -0.1) is 0 Å². The van der Waals surface area contributed by atoms with Gasteiger partial charge in [-0.2, -0.15) is 40.5 Å². The Labute approximate surface area is 192 Å². The fourth-order valence-corrected chi connectivity index (χ4v) is 3.43. The molecule has 5 nitrogen and oxygen atoms in total. The molecule has 0 aliphatic heterocycles. The van der Waals surface area contributed by atoms with Crippen LogP contribution in [0.15, 0.2) is 72.3 Å². The third-order valence-electron chi connectivity index (χ3n) is 4.96. The number of hydrogen-bond donors (Lipinski definition) is 5. The van der Waals surface area contributed by atoms with Gasteiger partial charge in [-0.3, -0.25) is 0 Å². The Kier molecular flexibility index (Phi) is 12.9. The smallest absolute Gasteiger partial charge is 0.111 e. The first-order valence-electron chi connectivity index (χ1n) is 8.80. The molecule has 2 aromatic rings. The molecule has 1 unspecified atom stereocenters. The maximum atomic E-state index is 10.3. The molecule has 0 bridgehead atoms. The Hall–Kier alpha value is -0.970. The number of rotatable bonds is 6. The van der Waals surface area contributed by atoms with Crippen molar-refractivity contribution in [3.63, 3.8) is 0 Å². The normalized spacial score (nSPS) is 23.3. The van der Waals surface area contributed by atoms with E-state index in [2.05, 4.69) is 29.6 Å². The Balaban J connectivity index is 0.00000261. The molecule has 0 fully saturated rings. The van der Waals surface area contributed by atoms with E-state index in [1.165, 1.54) is 0 Å². The van der Waals surface area contributed by atoms with Gasteiger partial charge in [0.05, 0.1) is 12.6 Å². The number of hydrogen-bond acceptors (Lipinski definition) is 5. The summed E-state index contributed by atoms with van der Waals surface area (Å²) in [5.41, 5.74) is 2.60. The van der Waals surface area contributed by atoms with Gasteiger partial charge in [-0.25, -0.2) is 0 Å². The average molecular weight is 458 g/mol. The van der Waals surface area contributed by atoms with Gasteiger partial charge in [0.1, 0.15) is 18.3 Å². The standard InChI is InChI=1S/C21H25NO4.3H2S/c23-13-16-11-18(20(25)21(26)19(16)24)22-12-17(14-7-3-1-4-8-14)15-9-5-2-6-10-15;;;/h1-11,17-26H,12-13H2;3*1H2/t18-,19+,20-,21?;;;/m0.../s1. The second-order valence-electron chi connectivity index (χ2n) is 6.63. The van der Waals surface area contributed by atoms with Crippen LogP contribution in [0.25, 0.3) is 0 Å². The molecule has 3 rings (SSSR count). The highest BCUT2D eigenvalue weighted by Crippen LogP contribution is 2.25. The second-order valence-corrected chi connectivity index (χ2v) is 6.63. The van der Waals surface area contributed by atoms with Crippen LogP contribution in [0.1, 0.15) is 17.0 Å². The van der Waals surface area contributed by atoms with E-state index in [9.17, 15) is 20.4 Å². The second kappa shape index (κ2) is 13.4. The topological polar surface area (TPSA) is 93.0 Å². The van der Waals surface area contributed by atoms with E-state index >= 15 is 0 Å². The van der Waals surface area contributed by atoms with E-state index in [1.54, 1.807) is 6.08 Å². The van der Waals surface area contributed by atoms with Gasteiger partial charge < -0.3 is 25.7 Å². The van der Waals surface area contributed by atoms with Gasteiger partial charge in [0.2, 0.25) is 0 Å². The van der Waals surface area contributed by atoms with Crippen LogP contribution in [0.4, 0.5) is 0 Å². The van der Waals surface area contributed by atoms with Crippen LogP contribution in [0.5, 0.6) is 0 Å². The molecule has 0 heterocycles. The van der Waals surface area contributed by atoms with Crippen molar-refractivity contribution in [1.82, 2.24) is 5.32 Å². The maximum Gasteiger partial charge on any atom is 0.111 e. The van der Waals surface area contributed by atoms with Gasteiger partial charge >= 0.3 is 0 Å². The number of aliphatic hydroxyl groups excluding tert-OH is 4. The summed E-state index contributed by atoms with van der Waals surface area (Å²) in [6.45, 7) is 0.178. The van der Waals surface area contributed by atoms with E-state index in [4.69, 9.17) is 0 Å². The SMILES string of the molecule is OCC1=C[C@H](NCC(c2ccccc2)c2ccccc2)[C@H](O)C(O)[C@@H]1O.S.S.S. The van der Waals surface area contributed by atoms with Crippen LogP contribution in [-0.4, -0.2) is 57.9 Å². The Morgan fingerprint density at radius 3 is 1.69 bits per heavy atom. The minimum atomic E-state index is -1.33. The van der Waals surface area contributed by atoms with Crippen LogP contribution < -0.4 is 5.32 Å². The summed E-state index contributed by atoms with van der Waals surface area (Å²) < 4.78 is 0. The van der Waals surface area contributed by atoms with E-state index < -0.39 is 24.4 Å². The first kappa shape index (κ1) is 28.0. The highest BCUT2D eigenvalue weighted by Gasteiger charge is 2.37. The van der Waals surface area contributed by atoms with E-state index in [0.717, 1.165) is 11.1 Å². The lowest BCUT2D eigenvalue weighted by atomic mass is 9.87. The van der Waals surface area contributed by atoms with Crippen LogP contribution in [0.2, 0.25) is 0 Å². The van der Waals surface area contributed by atoms with Gasteiger partial charge in [0.25, 0.3) is 0 Å². The largest absolute Gasteiger partial charge is 0.392 e. The quantitative estimate of drug-likeness (QED) is 0.420. The molecule has 0 saturated carbocycles. The predicted molar refractivity (Wildman–Crippen MR) is 131 cm³/mol. The summed E-state index contributed by atoms with van der Waals surface area (Å²) in [5, 5.41) is 42.8. The molecular weight excluding hydrogens is 426 g/mol. The Bertz CT molecular complexity index is 694. The molecular formula is C21H31NO4S3. The average Bonchev–Trinajstić information content (AvgIpc) is 2.69. The Morgan fingerprint density at radius 1 is 0.759 bits per heavy atom. The molecule has 0 aromatic heterocycles. The summed E-state index contributed by atoms with van der Waals surface area (Å²) in [4.78, 5) is 0. The molecule has 162 valence electrons. The summed E-state index contributed by atoms with van der Waals surface area (Å²) in [6, 6.07) is 19.6. The van der Waals surface area contributed by atoms with Gasteiger partial charge in [0.15, 0.2) is 0 Å². The molecule has 8 heteroatoms. The minimum Gasteiger partial charge on any atom is -0.392 e. The van der Waals surface area contributed by atoms with Crippen molar-refractivity contribution in [3.8, 4) is 0 Å². The lowest BCUT2D eigenvalue weighted by Gasteiger charge is -2.35. The summed E-state index contributed by atoms with van der Waals surface area (Å²) >= 11 is 0. The summed E-state index contributed by atoms with van der Waals surface area (Å²) in [7, 11) is 0. The van der Waals surface area contributed by atoms with E-state index in [0.29, 0.717) is 12.1 Å². The Morgan fingerprint density at radius 2 is 1.24 bits per heavy atom. The molecule has 29 heavy (non-hydrogen) atoms. The molecule has 1 aliphatic carbocycles. The van der Waals surface area contributed by atoms with Crippen molar-refractivity contribution in [2.45, 2.75) is 30.3 Å². The van der Waals surface area contributed by atoms with Gasteiger partial charge in [0, 0.05) is 12.5 Å². The van der Waals surface area contributed by atoms with E-state index in [-0.39, 0.29) is 53.0 Å². The molecule has 4 atom stereocenters. The third-order valence-corrected chi connectivity index (χ3v) is 4.96. The van der Waals surface area contributed by atoms with E-state index in [1.807, 2.05) is 36.4 Å². The van der Waals surface area contributed by atoms with Crippen molar-refractivity contribution in [2.75, 3.05) is 13.2 Å². The lowest BCUT2D eigenvalue weighted by Crippen LogP contribution is -2.54. The monoisotopic (exact) mass is 457 g/mol. The first-order valence-corrected chi connectivity index (χ1v) is 8.80. The number of nitrogens with one attached hydrogen (secondary N) is 1. The van der Waals surface area contributed by atoms with Crippen LogP contribution in [0.3, 0.4) is 0 Å². The fraction of sp³-hybridized carbons (Fsp3) is 0.333. The van der Waals surface area contributed by atoms with Crippen LogP contribution >= 0.6 is 40.5 Å². The molecule has 0 radical (unpaired) electrons. The minimum absolute atomic E-state index is 0. The van der Waals surface area contributed by atoms with Gasteiger partial charge in [-0.1, -0.05) is 66.7 Å². The highest BCUT2D eigenvalue weighted by atomic mass is 32.1. The molecule has 0 saturated heterocycles. The maximum absolute atomic E-state index is 10.3.